The number of amides is 3. The summed E-state index contributed by atoms with van der Waals surface area (Å²) in [6.07, 6.45) is 0. The lowest BCUT2D eigenvalue weighted by Gasteiger charge is -2.16. The monoisotopic (exact) mass is 270 g/mol. The molecule has 0 radical (unpaired) electrons. The molecule has 0 aromatic heterocycles. The predicted molar refractivity (Wildman–Crippen MR) is 69.7 cm³/mol. The number of carbonyl (C=O) groups is 2. The summed E-state index contributed by atoms with van der Waals surface area (Å²) >= 11 is 0. The average molecular weight is 270 g/mol. The largest absolute Gasteiger partial charge is 0.383 e. The van der Waals surface area contributed by atoms with E-state index < -0.39 is 6.03 Å². The minimum Gasteiger partial charge on any atom is -0.383 e. The van der Waals surface area contributed by atoms with E-state index in [1.807, 2.05) is 0 Å². The van der Waals surface area contributed by atoms with Gasteiger partial charge in [-0.15, -0.1) is 0 Å². The highest BCUT2D eigenvalue weighted by atomic mass is 16.5. The third kappa shape index (κ3) is 4.15. The molecular weight excluding hydrogens is 248 g/mol. The van der Waals surface area contributed by atoms with Crippen molar-refractivity contribution in [2.24, 2.45) is 11.8 Å². The van der Waals surface area contributed by atoms with Gasteiger partial charge in [0.2, 0.25) is 5.91 Å². The number of hydrogen-bond acceptors (Lipinski definition) is 5. The van der Waals surface area contributed by atoms with Crippen LogP contribution in [0.15, 0.2) is 0 Å². The van der Waals surface area contributed by atoms with E-state index in [0.29, 0.717) is 31.5 Å². The Morgan fingerprint density at radius 3 is 2.63 bits per heavy atom. The number of nitrogens with zero attached hydrogens (tertiary/aromatic N) is 1. The first-order valence-electron chi connectivity index (χ1n) is 6.68. The minimum atomic E-state index is -0.455. The highest BCUT2D eigenvalue weighted by Gasteiger charge is 2.36. The first kappa shape index (κ1) is 14.2. The normalized spacial score (nSPS) is 26.2. The van der Waals surface area contributed by atoms with Crippen LogP contribution < -0.4 is 16.0 Å². The average Bonchev–Trinajstić information content (AvgIpc) is 2.89. The van der Waals surface area contributed by atoms with Crippen molar-refractivity contribution >= 4 is 11.9 Å². The third-order valence-corrected chi connectivity index (χ3v) is 3.68. The van der Waals surface area contributed by atoms with E-state index in [1.165, 1.54) is 0 Å². The number of nitrogens with one attached hydrogen (secondary N) is 3. The lowest BCUT2D eigenvalue weighted by molar-refractivity contribution is -0.121. The van der Waals surface area contributed by atoms with E-state index in [0.717, 1.165) is 26.2 Å². The van der Waals surface area contributed by atoms with Gasteiger partial charge in [-0.05, 0) is 24.9 Å². The summed E-state index contributed by atoms with van der Waals surface area (Å²) in [7, 11) is 1.56. The van der Waals surface area contributed by atoms with Gasteiger partial charge in [0.05, 0.1) is 13.2 Å². The lowest BCUT2D eigenvalue weighted by Crippen LogP contribution is -2.45. The summed E-state index contributed by atoms with van der Waals surface area (Å²) in [5.74, 6) is 1.06. The van der Waals surface area contributed by atoms with Crippen molar-refractivity contribution in [2.45, 2.75) is 0 Å². The van der Waals surface area contributed by atoms with Crippen molar-refractivity contribution in [3.63, 3.8) is 0 Å². The fourth-order valence-electron chi connectivity index (χ4n) is 2.76. The zero-order valence-corrected chi connectivity index (χ0v) is 11.3. The van der Waals surface area contributed by atoms with Gasteiger partial charge < -0.3 is 15.4 Å². The van der Waals surface area contributed by atoms with Crippen LogP contribution in [0.5, 0.6) is 0 Å². The standard InChI is InChI=1S/C12H22N4O3/c1-19-3-2-14-12(18)15-11(17)8-16-6-9-4-13-5-10(9)7-16/h9-10,13H,2-8H2,1H3,(H2,14,15,17,18). The minimum absolute atomic E-state index is 0.247. The zero-order valence-electron chi connectivity index (χ0n) is 11.3. The zero-order chi connectivity index (χ0) is 13.7. The summed E-state index contributed by atoms with van der Waals surface area (Å²) < 4.78 is 4.81. The van der Waals surface area contributed by atoms with Gasteiger partial charge in [-0.2, -0.15) is 0 Å². The van der Waals surface area contributed by atoms with Crippen LogP contribution in [0.3, 0.4) is 0 Å². The van der Waals surface area contributed by atoms with Crippen molar-refractivity contribution in [3.05, 3.63) is 0 Å². The molecule has 3 amide bonds. The van der Waals surface area contributed by atoms with Gasteiger partial charge in [-0.1, -0.05) is 0 Å². The van der Waals surface area contributed by atoms with Crippen LogP contribution >= 0.6 is 0 Å². The molecule has 2 aliphatic heterocycles. The van der Waals surface area contributed by atoms with E-state index in [4.69, 9.17) is 4.74 Å². The molecule has 2 unspecified atom stereocenters. The van der Waals surface area contributed by atoms with Gasteiger partial charge >= 0.3 is 6.03 Å². The van der Waals surface area contributed by atoms with Gasteiger partial charge in [0.25, 0.3) is 0 Å². The second-order valence-corrected chi connectivity index (χ2v) is 5.17. The number of rotatable bonds is 5. The van der Waals surface area contributed by atoms with Crippen molar-refractivity contribution < 1.29 is 14.3 Å². The van der Waals surface area contributed by atoms with Crippen LogP contribution in [-0.2, 0) is 9.53 Å². The molecule has 0 bridgehead atoms. The van der Waals surface area contributed by atoms with Crippen LogP contribution in [0.1, 0.15) is 0 Å². The van der Waals surface area contributed by atoms with Crippen LogP contribution in [0, 0.1) is 11.8 Å². The summed E-state index contributed by atoms with van der Waals surface area (Å²) in [5.41, 5.74) is 0. The number of urea groups is 1. The topological polar surface area (TPSA) is 82.7 Å². The number of carbonyl (C=O) groups excluding carboxylic acids is 2. The Kier molecular flexibility index (Phi) is 5.12. The van der Waals surface area contributed by atoms with Gasteiger partial charge in [-0.3, -0.25) is 15.0 Å². The third-order valence-electron chi connectivity index (χ3n) is 3.68. The smallest absolute Gasteiger partial charge is 0.321 e. The number of hydrogen-bond donors (Lipinski definition) is 3. The Hall–Kier alpha value is -1.18. The maximum atomic E-state index is 11.7. The van der Waals surface area contributed by atoms with Crippen molar-refractivity contribution in [1.29, 1.82) is 0 Å². The van der Waals surface area contributed by atoms with Gasteiger partial charge in [-0.25, -0.2) is 4.79 Å². The molecule has 0 aromatic carbocycles. The Morgan fingerprint density at radius 1 is 1.32 bits per heavy atom. The van der Waals surface area contributed by atoms with Crippen LogP contribution in [0.25, 0.3) is 0 Å². The first-order valence-corrected chi connectivity index (χ1v) is 6.68. The highest BCUT2D eigenvalue weighted by molar-refractivity contribution is 5.95. The number of imide groups is 1. The summed E-state index contributed by atoms with van der Waals surface area (Å²) in [6.45, 7) is 5.09. The molecule has 2 saturated heterocycles. The summed E-state index contributed by atoms with van der Waals surface area (Å²) in [4.78, 5) is 25.2. The summed E-state index contributed by atoms with van der Waals surface area (Å²) in [5, 5.41) is 8.24. The second-order valence-electron chi connectivity index (χ2n) is 5.17. The molecule has 7 nitrogen and oxygen atoms in total. The molecule has 0 saturated carbocycles. The molecule has 2 atom stereocenters. The van der Waals surface area contributed by atoms with E-state index in [2.05, 4.69) is 20.9 Å². The molecule has 0 aromatic rings. The SMILES string of the molecule is COCCNC(=O)NC(=O)CN1CC2CNCC2C1. The Balaban J connectivity index is 1.63. The molecule has 2 rings (SSSR count). The van der Waals surface area contributed by atoms with E-state index in [-0.39, 0.29) is 5.91 Å². The van der Waals surface area contributed by atoms with Gasteiger partial charge in [0, 0.05) is 26.7 Å². The van der Waals surface area contributed by atoms with E-state index >= 15 is 0 Å². The maximum absolute atomic E-state index is 11.7. The first-order chi connectivity index (χ1) is 9.19. The summed E-state index contributed by atoms with van der Waals surface area (Å²) in [6, 6.07) is -0.455. The van der Waals surface area contributed by atoms with Gasteiger partial charge in [0.15, 0.2) is 0 Å². The van der Waals surface area contributed by atoms with Crippen molar-refractivity contribution in [1.82, 2.24) is 20.9 Å². The lowest BCUT2D eigenvalue weighted by atomic mass is 10.0. The van der Waals surface area contributed by atoms with E-state index in [9.17, 15) is 9.59 Å². The Labute approximate surface area is 113 Å². The number of methoxy groups -OCH3 is 1. The molecule has 19 heavy (non-hydrogen) atoms. The van der Waals surface area contributed by atoms with E-state index in [1.54, 1.807) is 7.11 Å². The number of fused-ring (bicyclic) bond motifs is 1. The highest BCUT2D eigenvalue weighted by Crippen LogP contribution is 2.25. The Bertz CT molecular complexity index is 325. The van der Waals surface area contributed by atoms with Crippen molar-refractivity contribution in [3.8, 4) is 0 Å². The van der Waals surface area contributed by atoms with Crippen LogP contribution in [-0.4, -0.2) is 69.8 Å². The van der Waals surface area contributed by atoms with Gasteiger partial charge in [0.1, 0.15) is 0 Å². The Morgan fingerprint density at radius 2 is 2.00 bits per heavy atom. The number of likely N-dealkylation sites (tertiary alicyclic amines) is 1. The molecule has 0 aliphatic carbocycles. The molecule has 0 spiro atoms. The quantitative estimate of drug-likeness (QED) is 0.536. The molecule has 7 heteroatoms. The predicted octanol–water partition coefficient (Wildman–Crippen LogP) is -1.39. The fraction of sp³-hybridized carbons (Fsp3) is 0.833. The molecular formula is C12H22N4O3. The van der Waals surface area contributed by atoms with Crippen molar-refractivity contribution in [2.75, 3.05) is 53.0 Å². The second kappa shape index (κ2) is 6.83. The molecule has 108 valence electrons. The van der Waals surface area contributed by atoms with Crippen LogP contribution in [0.2, 0.25) is 0 Å². The fourth-order valence-corrected chi connectivity index (χ4v) is 2.76. The molecule has 3 N–H and O–H groups in total. The molecule has 2 aliphatic rings. The molecule has 2 fully saturated rings. The number of ether oxygens (including phenoxy) is 1. The maximum Gasteiger partial charge on any atom is 0.321 e. The van der Waals surface area contributed by atoms with Crippen LogP contribution in [0.4, 0.5) is 4.79 Å². The molecule has 2 heterocycles.